The van der Waals surface area contributed by atoms with Crippen LogP contribution in [0.1, 0.15) is 42.7 Å². The van der Waals surface area contributed by atoms with Gasteiger partial charge in [-0.3, -0.25) is 0 Å². The second-order valence-electron chi connectivity index (χ2n) is 5.30. The van der Waals surface area contributed by atoms with E-state index in [1.54, 1.807) is 0 Å². The Hall–Kier alpha value is -1.72. The first-order chi connectivity index (χ1) is 10.1. The zero-order chi connectivity index (χ0) is 15.2. The first-order valence-electron chi connectivity index (χ1n) is 7.48. The van der Waals surface area contributed by atoms with Crippen molar-refractivity contribution in [3.8, 4) is 0 Å². The summed E-state index contributed by atoms with van der Waals surface area (Å²) in [6, 6.07) is 8.09. The van der Waals surface area contributed by atoms with Crippen LogP contribution in [-0.2, 0) is 6.42 Å². The normalized spacial score (nSPS) is 12.8. The molecule has 0 saturated heterocycles. The van der Waals surface area contributed by atoms with Crippen LogP contribution in [0, 0.1) is 6.92 Å². The molecule has 2 N–H and O–H groups in total. The summed E-state index contributed by atoms with van der Waals surface area (Å²) in [5.41, 5.74) is 8.55. The quantitative estimate of drug-likeness (QED) is 0.846. The smallest absolute Gasteiger partial charge is 0.231 e. The first-order valence-corrected chi connectivity index (χ1v) is 7.48. The molecule has 5 heteroatoms. The lowest BCUT2D eigenvalue weighted by molar-refractivity contribution is 0.277. The largest absolute Gasteiger partial charge is 0.339 e. The number of nitrogens with zero attached hydrogens (tertiary/aromatic N) is 3. The van der Waals surface area contributed by atoms with Crippen molar-refractivity contribution in [2.45, 2.75) is 33.2 Å². The predicted molar refractivity (Wildman–Crippen MR) is 83.0 cm³/mol. The molecule has 0 spiro atoms. The van der Waals surface area contributed by atoms with Crippen LogP contribution in [0.25, 0.3) is 0 Å². The van der Waals surface area contributed by atoms with Crippen LogP contribution in [-0.4, -0.2) is 34.7 Å². The summed E-state index contributed by atoms with van der Waals surface area (Å²) in [5, 5.41) is 4.02. The summed E-state index contributed by atoms with van der Waals surface area (Å²) in [6.07, 6.45) is 0.646. The van der Waals surface area contributed by atoms with Crippen LogP contribution in [0.3, 0.4) is 0 Å². The zero-order valence-corrected chi connectivity index (χ0v) is 13.0. The van der Waals surface area contributed by atoms with Gasteiger partial charge in [0, 0.05) is 6.54 Å². The number of benzene rings is 1. The van der Waals surface area contributed by atoms with Crippen molar-refractivity contribution in [1.29, 1.82) is 0 Å². The molecule has 2 aromatic rings. The monoisotopic (exact) mass is 288 g/mol. The molecule has 0 bridgehead atoms. The Bertz CT molecular complexity index is 563. The molecule has 1 heterocycles. The summed E-state index contributed by atoms with van der Waals surface area (Å²) in [5.74, 6) is 1.20. The van der Waals surface area contributed by atoms with E-state index in [4.69, 9.17) is 10.3 Å². The van der Waals surface area contributed by atoms with Crippen molar-refractivity contribution in [3.63, 3.8) is 0 Å². The number of hydrogen-bond donors (Lipinski definition) is 1. The average molecular weight is 288 g/mol. The number of aromatic nitrogens is 2. The van der Waals surface area contributed by atoms with E-state index in [1.165, 1.54) is 11.1 Å². The van der Waals surface area contributed by atoms with Gasteiger partial charge in [0.1, 0.15) is 0 Å². The third-order valence-corrected chi connectivity index (χ3v) is 3.60. The molecule has 1 atom stereocenters. The highest BCUT2D eigenvalue weighted by Gasteiger charge is 2.16. The third kappa shape index (κ3) is 4.37. The Morgan fingerprint density at radius 1 is 1.29 bits per heavy atom. The Balaban J connectivity index is 2.00. The SMILES string of the molecule is CCN(CC)CC(N)c1noc(Cc2cccc(C)c2)n1. The molecule has 5 nitrogen and oxygen atoms in total. The first kappa shape index (κ1) is 15.7. The molecular formula is C16H24N4O. The lowest BCUT2D eigenvalue weighted by Crippen LogP contribution is -2.32. The predicted octanol–water partition coefficient (Wildman–Crippen LogP) is 2.31. The van der Waals surface area contributed by atoms with Gasteiger partial charge in [-0.05, 0) is 25.6 Å². The minimum atomic E-state index is -0.208. The van der Waals surface area contributed by atoms with Crippen molar-refractivity contribution in [2.75, 3.05) is 19.6 Å². The minimum absolute atomic E-state index is 0.208. The number of hydrogen-bond acceptors (Lipinski definition) is 5. The van der Waals surface area contributed by atoms with Gasteiger partial charge in [0.25, 0.3) is 0 Å². The molecule has 2 rings (SSSR count). The van der Waals surface area contributed by atoms with E-state index in [0.717, 1.165) is 19.6 Å². The Morgan fingerprint density at radius 2 is 2.05 bits per heavy atom. The molecule has 0 fully saturated rings. The standard InChI is InChI=1S/C16H24N4O/c1-4-20(5-2)11-14(17)16-18-15(21-19-16)10-13-8-6-7-12(3)9-13/h6-9,14H,4-5,10-11,17H2,1-3H3. The fourth-order valence-electron chi connectivity index (χ4n) is 2.33. The molecule has 0 saturated carbocycles. The summed E-state index contributed by atoms with van der Waals surface area (Å²) in [7, 11) is 0. The van der Waals surface area contributed by atoms with Crippen molar-refractivity contribution in [1.82, 2.24) is 15.0 Å². The molecule has 0 aliphatic carbocycles. The molecule has 0 aliphatic heterocycles. The second-order valence-corrected chi connectivity index (χ2v) is 5.30. The van der Waals surface area contributed by atoms with Gasteiger partial charge in [-0.2, -0.15) is 4.98 Å². The summed E-state index contributed by atoms with van der Waals surface area (Å²) in [4.78, 5) is 6.68. The lowest BCUT2D eigenvalue weighted by atomic mass is 10.1. The number of aryl methyl sites for hydroxylation is 1. The summed E-state index contributed by atoms with van der Waals surface area (Å²) in [6.45, 7) is 9.00. The molecule has 1 aromatic heterocycles. The minimum Gasteiger partial charge on any atom is -0.339 e. The van der Waals surface area contributed by atoms with Crippen LogP contribution >= 0.6 is 0 Å². The molecule has 1 unspecified atom stereocenters. The number of rotatable bonds is 7. The van der Waals surface area contributed by atoms with Gasteiger partial charge >= 0.3 is 0 Å². The van der Waals surface area contributed by atoms with Crippen LogP contribution in [0.5, 0.6) is 0 Å². The van der Waals surface area contributed by atoms with Gasteiger partial charge in [-0.25, -0.2) is 0 Å². The number of likely N-dealkylation sites (N-methyl/N-ethyl adjacent to an activating group) is 1. The fraction of sp³-hybridized carbons (Fsp3) is 0.500. The summed E-state index contributed by atoms with van der Waals surface area (Å²) < 4.78 is 5.32. The molecule has 0 amide bonds. The van der Waals surface area contributed by atoms with E-state index in [0.29, 0.717) is 18.1 Å². The van der Waals surface area contributed by atoms with E-state index in [1.807, 2.05) is 6.07 Å². The third-order valence-electron chi connectivity index (χ3n) is 3.60. The second kappa shape index (κ2) is 7.33. The highest BCUT2D eigenvalue weighted by atomic mass is 16.5. The molecule has 1 aromatic carbocycles. The van der Waals surface area contributed by atoms with E-state index in [2.05, 4.69) is 54.0 Å². The van der Waals surface area contributed by atoms with E-state index in [-0.39, 0.29) is 6.04 Å². The highest BCUT2D eigenvalue weighted by molar-refractivity contribution is 5.24. The maximum absolute atomic E-state index is 6.15. The van der Waals surface area contributed by atoms with Gasteiger partial charge < -0.3 is 15.2 Å². The maximum Gasteiger partial charge on any atom is 0.231 e. The van der Waals surface area contributed by atoms with Crippen molar-refractivity contribution < 1.29 is 4.52 Å². The van der Waals surface area contributed by atoms with Gasteiger partial charge in [-0.1, -0.05) is 48.8 Å². The van der Waals surface area contributed by atoms with Crippen LogP contribution < -0.4 is 5.73 Å². The van der Waals surface area contributed by atoms with Crippen LogP contribution in [0.2, 0.25) is 0 Å². The Morgan fingerprint density at radius 3 is 2.71 bits per heavy atom. The van der Waals surface area contributed by atoms with E-state index in [9.17, 15) is 0 Å². The van der Waals surface area contributed by atoms with Gasteiger partial charge in [-0.15, -0.1) is 0 Å². The van der Waals surface area contributed by atoms with Crippen LogP contribution in [0.4, 0.5) is 0 Å². The Kier molecular flexibility index (Phi) is 5.47. The molecule has 0 aliphatic rings. The molecule has 21 heavy (non-hydrogen) atoms. The number of nitrogens with two attached hydrogens (primary N) is 1. The van der Waals surface area contributed by atoms with E-state index >= 15 is 0 Å². The maximum atomic E-state index is 6.15. The molecule has 0 radical (unpaired) electrons. The van der Waals surface area contributed by atoms with Crippen molar-refractivity contribution in [2.24, 2.45) is 5.73 Å². The van der Waals surface area contributed by atoms with Crippen molar-refractivity contribution in [3.05, 3.63) is 47.1 Å². The van der Waals surface area contributed by atoms with Gasteiger partial charge in [0.15, 0.2) is 5.82 Å². The zero-order valence-electron chi connectivity index (χ0n) is 13.0. The molecule has 114 valence electrons. The lowest BCUT2D eigenvalue weighted by Gasteiger charge is -2.20. The summed E-state index contributed by atoms with van der Waals surface area (Å²) >= 11 is 0. The van der Waals surface area contributed by atoms with Gasteiger partial charge in [0.2, 0.25) is 5.89 Å². The Labute approximate surface area is 126 Å². The van der Waals surface area contributed by atoms with Gasteiger partial charge in [0.05, 0.1) is 12.5 Å². The average Bonchev–Trinajstić information content (AvgIpc) is 2.93. The topological polar surface area (TPSA) is 68.2 Å². The fourth-order valence-corrected chi connectivity index (χ4v) is 2.33. The highest BCUT2D eigenvalue weighted by Crippen LogP contribution is 2.13. The van der Waals surface area contributed by atoms with E-state index < -0.39 is 0 Å². The van der Waals surface area contributed by atoms with Crippen molar-refractivity contribution >= 4 is 0 Å². The molecular weight excluding hydrogens is 264 g/mol. The van der Waals surface area contributed by atoms with Crippen LogP contribution in [0.15, 0.2) is 28.8 Å².